The maximum atomic E-state index is 12.4. The Morgan fingerprint density at radius 1 is 0.579 bits per heavy atom. The molecule has 0 aliphatic carbocycles. The highest BCUT2D eigenvalue weighted by molar-refractivity contribution is 6.04. The molecule has 2 amide bonds. The minimum Gasteiger partial charge on any atom is -0.330 e. The van der Waals surface area contributed by atoms with Crippen molar-refractivity contribution in [1.82, 2.24) is 4.90 Å². The summed E-state index contributed by atoms with van der Waals surface area (Å²) in [7, 11) is 0. The Hall–Kier alpha value is -3.99. The number of unbranched alkanes of at least 4 members (excludes halogenated alkanes) is 1. The maximum absolute atomic E-state index is 12.4. The van der Waals surface area contributed by atoms with Crippen LogP contribution in [0.15, 0.2) is 24.3 Å². The van der Waals surface area contributed by atoms with Gasteiger partial charge < -0.3 is 5.73 Å². The minimum absolute atomic E-state index is 0.00231. The number of carbonyl (C=O) groups excluding carboxylic acids is 9. The molecule has 2 rings (SSSR count). The van der Waals surface area contributed by atoms with Gasteiger partial charge in [-0.3, -0.25) is 48.1 Å². The SMILES string of the molecule is CC(=O)Cc1ccc(CCC(=O)CCCC(=O)C(C)(C)C)cc1.CC(C)(C)C(=O)CC(CCCCN)C(=O)C(C)(C)C.CC(C)C(=O)C(C)(C)C.CC(C)CC(=O)CC(C)(C)C.CC(C)N1C(=O)CC(C(C)(C)C)C1=O. The Morgan fingerprint density at radius 2 is 1.05 bits per heavy atom. The van der Waals surface area contributed by atoms with Crippen LogP contribution in [0.5, 0.6) is 0 Å². The standard InChI is InChI=1S/C20H28O3.C16H31NO2.C11H19NO2.C10H20O.C8H16O/c1-15(21)14-17-10-8-16(9-11-17)12-13-18(22)6-5-7-19(23)20(2,3)4;1-15(2,3)13(18)11-12(9-7-8-10-17)14(19)16(4,5)6;1-7(2)12-9(13)6-8(10(12)14)11(3,4)5;1-8(2)6-9(11)7-10(3,4)5;1-6(2)7(9)8(3,4)5/h8-11H,5-7,12-14H2,1-4H3;12H,7-11,17H2,1-6H3;7-8H,6H2,1-5H3;8H,6-7H2,1-5H3;6H,1-5H3. The average molecular weight is 1070 g/mol. The first-order chi connectivity index (χ1) is 34.1. The van der Waals surface area contributed by atoms with Crippen LogP contribution in [0, 0.1) is 56.2 Å². The Labute approximate surface area is 465 Å². The molecule has 1 aromatic carbocycles. The quantitative estimate of drug-likeness (QED) is 0.0918. The van der Waals surface area contributed by atoms with Crippen LogP contribution >= 0.6 is 0 Å². The van der Waals surface area contributed by atoms with Crippen molar-refractivity contribution in [2.24, 2.45) is 61.9 Å². The van der Waals surface area contributed by atoms with Gasteiger partial charge in [0.2, 0.25) is 11.8 Å². The molecule has 76 heavy (non-hydrogen) atoms. The van der Waals surface area contributed by atoms with Gasteiger partial charge in [-0.05, 0) is 80.9 Å². The smallest absolute Gasteiger partial charge is 0.233 e. The van der Waals surface area contributed by atoms with Crippen molar-refractivity contribution in [2.45, 2.75) is 263 Å². The molecule has 1 saturated heterocycles. The summed E-state index contributed by atoms with van der Waals surface area (Å²) in [6.07, 6.45) is 8.08. The number of Topliss-reactive ketones (excluding diaryl/α,β-unsaturated/α-hetero) is 7. The maximum Gasteiger partial charge on any atom is 0.233 e. The van der Waals surface area contributed by atoms with Gasteiger partial charge in [0.05, 0.1) is 5.92 Å². The van der Waals surface area contributed by atoms with Gasteiger partial charge in [-0.25, -0.2) is 0 Å². The first-order valence-corrected chi connectivity index (χ1v) is 28.4. The van der Waals surface area contributed by atoms with Crippen molar-refractivity contribution in [1.29, 1.82) is 0 Å². The average Bonchev–Trinajstić information content (AvgIpc) is 3.54. The van der Waals surface area contributed by atoms with E-state index in [2.05, 4.69) is 34.6 Å². The molecule has 2 unspecified atom stereocenters. The molecule has 0 radical (unpaired) electrons. The third-order valence-corrected chi connectivity index (χ3v) is 12.6. The predicted octanol–water partition coefficient (Wildman–Crippen LogP) is 14.6. The van der Waals surface area contributed by atoms with Crippen molar-refractivity contribution in [3.63, 3.8) is 0 Å². The number of nitrogens with zero attached hydrogens (tertiary/aromatic N) is 1. The van der Waals surface area contributed by atoms with Crippen LogP contribution in [0.4, 0.5) is 0 Å². The number of hydrogen-bond acceptors (Lipinski definition) is 10. The summed E-state index contributed by atoms with van der Waals surface area (Å²) >= 11 is 0. The number of carbonyl (C=O) groups is 9. The third-order valence-electron chi connectivity index (χ3n) is 12.6. The molecule has 2 atom stereocenters. The second-order valence-corrected chi connectivity index (χ2v) is 28.7. The molecule has 1 aliphatic heterocycles. The van der Waals surface area contributed by atoms with Crippen LogP contribution in [-0.2, 0) is 56.0 Å². The van der Waals surface area contributed by atoms with Gasteiger partial charge in [-0.1, -0.05) is 183 Å². The zero-order valence-corrected chi connectivity index (χ0v) is 53.3. The van der Waals surface area contributed by atoms with Gasteiger partial charge in [0.25, 0.3) is 0 Å². The summed E-state index contributed by atoms with van der Waals surface area (Å²) in [6, 6.07) is 7.85. The summed E-state index contributed by atoms with van der Waals surface area (Å²) in [5, 5.41) is 0. The highest BCUT2D eigenvalue weighted by atomic mass is 16.2. The summed E-state index contributed by atoms with van der Waals surface area (Å²) in [6.45, 7) is 49.4. The van der Waals surface area contributed by atoms with E-state index in [-0.39, 0.29) is 97.0 Å². The van der Waals surface area contributed by atoms with Gasteiger partial charge in [-0.2, -0.15) is 0 Å². The van der Waals surface area contributed by atoms with E-state index in [9.17, 15) is 43.2 Å². The fourth-order valence-electron chi connectivity index (χ4n) is 8.20. The molecule has 2 N–H and O–H groups in total. The second-order valence-electron chi connectivity index (χ2n) is 28.7. The van der Waals surface area contributed by atoms with E-state index < -0.39 is 0 Å². The lowest BCUT2D eigenvalue weighted by Gasteiger charge is -2.26. The summed E-state index contributed by atoms with van der Waals surface area (Å²) in [4.78, 5) is 107. The largest absolute Gasteiger partial charge is 0.330 e. The van der Waals surface area contributed by atoms with E-state index in [1.54, 1.807) is 6.92 Å². The second kappa shape index (κ2) is 34.1. The molecule has 1 aromatic rings. The van der Waals surface area contributed by atoms with Crippen LogP contribution in [0.2, 0.25) is 0 Å². The van der Waals surface area contributed by atoms with E-state index in [0.717, 1.165) is 36.8 Å². The number of nitrogens with two attached hydrogens (primary N) is 1. The number of ketones is 7. The number of imide groups is 1. The van der Waals surface area contributed by atoms with Crippen LogP contribution in [0.25, 0.3) is 0 Å². The van der Waals surface area contributed by atoms with Crippen molar-refractivity contribution >= 4 is 52.3 Å². The van der Waals surface area contributed by atoms with Gasteiger partial charge in [0.15, 0.2) is 0 Å². The van der Waals surface area contributed by atoms with Crippen LogP contribution in [-0.4, -0.2) is 69.8 Å². The Bertz CT molecular complexity index is 1980. The molecule has 438 valence electrons. The van der Waals surface area contributed by atoms with E-state index in [0.29, 0.717) is 81.8 Å². The lowest BCUT2D eigenvalue weighted by molar-refractivity contribution is -0.142. The molecule has 0 bridgehead atoms. The zero-order chi connectivity index (χ0) is 60.5. The van der Waals surface area contributed by atoms with Gasteiger partial charge in [0.1, 0.15) is 40.5 Å². The lowest BCUT2D eigenvalue weighted by atomic mass is 9.76. The van der Waals surface area contributed by atoms with Crippen molar-refractivity contribution in [3.8, 4) is 0 Å². The normalized spacial score (nSPS) is 14.6. The van der Waals surface area contributed by atoms with Gasteiger partial charge in [0, 0.05) is 90.9 Å². The summed E-state index contributed by atoms with van der Waals surface area (Å²) in [5.74, 6) is 2.02. The number of benzene rings is 1. The molecular formula is C65H114N2O9. The highest BCUT2D eigenvalue weighted by Crippen LogP contribution is 2.36. The molecule has 0 aromatic heterocycles. The fraction of sp³-hybridized carbons (Fsp3) is 0.769. The van der Waals surface area contributed by atoms with Crippen molar-refractivity contribution in [2.75, 3.05) is 6.54 Å². The number of hydrogen-bond donors (Lipinski definition) is 1. The topological polar surface area (TPSA) is 183 Å². The van der Waals surface area contributed by atoms with Gasteiger partial charge in [-0.15, -0.1) is 0 Å². The lowest BCUT2D eigenvalue weighted by Crippen LogP contribution is -2.38. The predicted molar refractivity (Wildman–Crippen MR) is 315 cm³/mol. The highest BCUT2D eigenvalue weighted by Gasteiger charge is 2.45. The zero-order valence-electron chi connectivity index (χ0n) is 53.3. The molecule has 0 spiro atoms. The molecule has 0 saturated carbocycles. The van der Waals surface area contributed by atoms with Crippen LogP contribution in [0.3, 0.4) is 0 Å². The molecular weight excluding hydrogens is 953 g/mol. The van der Waals surface area contributed by atoms with Crippen molar-refractivity contribution < 1.29 is 43.2 Å². The Kier molecular flexibility index (Phi) is 34.2. The summed E-state index contributed by atoms with van der Waals surface area (Å²) < 4.78 is 0. The number of aryl methyl sites for hydroxylation is 1. The minimum atomic E-state index is -0.383. The third kappa shape index (κ3) is 35.4. The Balaban J connectivity index is -0.000000912. The van der Waals surface area contributed by atoms with Crippen molar-refractivity contribution in [3.05, 3.63) is 35.4 Å². The Morgan fingerprint density at radius 3 is 1.38 bits per heavy atom. The fourth-order valence-corrected chi connectivity index (χ4v) is 8.20. The number of amides is 2. The molecule has 1 aliphatic rings. The summed E-state index contributed by atoms with van der Waals surface area (Å²) in [5.41, 5.74) is 6.43. The van der Waals surface area contributed by atoms with Crippen LogP contribution in [0.1, 0.15) is 255 Å². The number of rotatable bonds is 21. The first-order valence-electron chi connectivity index (χ1n) is 28.4. The van der Waals surface area contributed by atoms with E-state index >= 15 is 0 Å². The van der Waals surface area contributed by atoms with Crippen LogP contribution < -0.4 is 5.73 Å². The molecule has 11 heteroatoms. The van der Waals surface area contributed by atoms with Gasteiger partial charge >= 0.3 is 0 Å². The first kappa shape index (κ1) is 76.2. The number of likely N-dealkylation sites (tertiary alicyclic amines) is 1. The van der Waals surface area contributed by atoms with E-state index in [1.165, 1.54) is 4.90 Å². The van der Waals surface area contributed by atoms with E-state index in [4.69, 9.17) is 5.73 Å². The molecule has 1 fully saturated rings. The van der Waals surface area contributed by atoms with E-state index in [1.807, 2.05) is 156 Å². The monoisotopic (exact) mass is 1070 g/mol. The molecule has 1 heterocycles. The molecule has 11 nitrogen and oxygen atoms in total.